The second kappa shape index (κ2) is 7.13. The Kier molecular flexibility index (Phi) is 4.94. The molecule has 0 saturated carbocycles. The lowest BCUT2D eigenvalue weighted by molar-refractivity contribution is -0.119. The number of hydrogen-bond donors (Lipinski definition) is 1. The molecule has 1 N–H and O–H groups in total. The van der Waals surface area contributed by atoms with Crippen LogP contribution in [0, 0.1) is 6.92 Å². The summed E-state index contributed by atoms with van der Waals surface area (Å²) in [6, 6.07) is 4.62. The molecule has 1 aliphatic heterocycles. The second-order valence-corrected chi connectivity index (χ2v) is 6.50. The maximum Gasteiger partial charge on any atom is 0.217 e. The smallest absolute Gasteiger partial charge is 0.217 e. The number of pyridine rings is 1. The molecule has 0 spiro atoms. The van der Waals surface area contributed by atoms with Crippen molar-refractivity contribution in [2.75, 3.05) is 6.54 Å². The first-order chi connectivity index (χ1) is 11.5. The fourth-order valence-electron chi connectivity index (χ4n) is 3.33. The molecule has 3 heterocycles. The van der Waals surface area contributed by atoms with Gasteiger partial charge in [0.1, 0.15) is 0 Å². The van der Waals surface area contributed by atoms with Crippen LogP contribution in [0.4, 0.5) is 0 Å². The monoisotopic (exact) mass is 327 g/mol. The molecule has 1 saturated heterocycles. The third-order valence-electron chi connectivity index (χ3n) is 4.82. The van der Waals surface area contributed by atoms with E-state index in [2.05, 4.69) is 39.4 Å². The van der Waals surface area contributed by atoms with Gasteiger partial charge in [-0.25, -0.2) is 0 Å². The Balaban J connectivity index is 1.74. The maximum atomic E-state index is 11.1. The Morgan fingerprint density at radius 1 is 1.46 bits per heavy atom. The van der Waals surface area contributed by atoms with Crippen LogP contribution in [0.25, 0.3) is 0 Å². The largest absolute Gasteiger partial charge is 0.351 e. The molecular weight excluding hydrogens is 302 g/mol. The highest BCUT2D eigenvalue weighted by Crippen LogP contribution is 2.33. The number of carbonyl (C=O) groups excluding carboxylic acids is 1. The van der Waals surface area contributed by atoms with Crippen LogP contribution in [-0.2, 0) is 24.9 Å². The Labute approximate surface area is 142 Å². The van der Waals surface area contributed by atoms with Gasteiger partial charge in [-0.3, -0.25) is 19.4 Å². The minimum Gasteiger partial charge on any atom is -0.351 e. The zero-order chi connectivity index (χ0) is 17.1. The number of nitrogens with zero attached hydrogens (tertiary/aromatic N) is 4. The number of rotatable bonds is 5. The lowest BCUT2D eigenvalue weighted by Crippen LogP contribution is -2.24. The van der Waals surface area contributed by atoms with Crippen LogP contribution < -0.4 is 5.32 Å². The first-order valence-electron chi connectivity index (χ1n) is 8.45. The average Bonchev–Trinajstić information content (AvgIpc) is 3.15. The molecule has 0 aromatic carbocycles. The van der Waals surface area contributed by atoms with Gasteiger partial charge in [0.05, 0.1) is 18.4 Å². The molecule has 6 nitrogen and oxygen atoms in total. The van der Waals surface area contributed by atoms with Gasteiger partial charge in [0.15, 0.2) is 0 Å². The fraction of sp³-hybridized carbons (Fsp3) is 0.500. The van der Waals surface area contributed by atoms with Gasteiger partial charge in [-0.05, 0) is 44.0 Å². The number of nitrogens with one attached hydrogen (secondary N) is 1. The Morgan fingerprint density at radius 2 is 2.29 bits per heavy atom. The number of aryl methyl sites for hydroxylation is 1. The van der Waals surface area contributed by atoms with E-state index in [0.717, 1.165) is 25.2 Å². The summed E-state index contributed by atoms with van der Waals surface area (Å²) in [6.07, 6.45) is 6.17. The third kappa shape index (κ3) is 3.64. The van der Waals surface area contributed by atoms with Gasteiger partial charge in [0.25, 0.3) is 0 Å². The highest BCUT2D eigenvalue weighted by Gasteiger charge is 2.27. The molecule has 1 amide bonds. The molecule has 0 unspecified atom stereocenters. The van der Waals surface area contributed by atoms with E-state index in [-0.39, 0.29) is 5.91 Å². The SMILES string of the molecule is CC(=O)NCc1cc([C@H]2CCCN2Cc2cnn(C)c2C)ccn1. The highest BCUT2D eigenvalue weighted by molar-refractivity contribution is 5.72. The number of hydrogen-bond acceptors (Lipinski definition) is 4. The lowest BCUT2D eigenvalue weighted by Gasteiger charge is -2.25. The highest BCUT2D eigenvalue weighted by atomic mass is 16.1. The predicted molar refractivity (Wildman–Crippen MR) is 92.1 cm³/mol. The maximum absolute atomic E-state index is 11.1. The van der Waals surface area contributed by atoms with E-state index in [1.165, 1.54) is 30.2 Å². The van der Waals surface area contributed by atoms with Gasteiger partial charge in [0, 0.05) is 44.0 Å². The molecule has 2 aromatic heterocycles. The molecule has 0 aliphatic carbocycles. The van der Waals surface area contributed by atoms with E-state index in [1.54, 1.807) is 0 Å². The van der Waals surface area contributed by atoms with E-state index >= 15 is 0 Å². The quantitative estimate of drug-likeness (QED) is 0.913. The molecule has 0 bridgehead atoms. The van der Waals surface area contributed by atoms with Crippen LogP contribution in [0.5, 0.6) is 0 Å². The molecule has 1 aliphatic rings. The number of likely N-dealkylation sites (tertiary alicyclic amines) is 1. The van der Waals surface area contributed by atoms with Crippen molar-refractivity contribution in [3.8, 4) is 0 Å². The molecule has 1 fully saturated rings. The summed E-state index contributed by atoms with van der Waals surface area (Å²) >= 11 is 0. The number of amides is 1. The zero-order valence-electron chi connectivity index (χ0n) is 14.6. The van der Waals surface area contributed by atoms with Crippen LogP contribution in [0.1, 0.15) is 48.3 Å². The van der Waals surface area contributed by atoms with E-state index in [0.29, 0.717) is 12.6 Å². The Hall–Kier alpha value is -2.21. The van der Waals surface area contributed by atoms with E-state index in [9.17, 15) is 4.79 Å². The average molecular weight is 327 g/mol. The van der Waals surface area contributed by atoms with Crippen LogP contribution in [0.15, 0.2) is 24.5 Å². The standard InChI is InChI=1S/C18H25N5O/c1-13-16(10-21-22(13)3)12-23-8-4-5-18(23)15-6-7-19-17(9-15)11-20-14(2)24/h6-7,9-10,18H,4-5,8,11-12H2,1-3H3,(H,20,24)/t18-/m1/s1. The summed E-state index contributed by atoms with van der Waals surface area (Å²) in [4.78, 5) is 18.0. The molecule has 24 heavy (non-hydrogen) atoms. The van der Waals surface area contributed by atoms with E-state index in [4.69, 9.17) is 0 Å². The number of carbonyl (C=O) groups is 1. The summed E-state index contributed by atoms with van der Waals surface area (Å²) < 4.78 is 1.93. The normalized spacial score (nSPS) is 18.0. The van der Waals surface area contributed by atoms with Crippen molar-refractivity contribution in [1.29, 1.82) is 0 Å². The summed E-state index contributed by atoms with van der Waals surface area (Å²) in [5.74, 6) is -0.0308. The summed E-state index contributed by atoms with van der Waals surface area (Å²) in [6.45, 7) is 6.15. The van der Waals surface area contributed by atoms with Crippen molar-refractivity contribution in [3.05, 3.63) is 47.0 Å². The summed E-state index contributed by atoms with van der Waals surface area (Å²) in [7, 11) is 1.98. The Morgan fingerprint density at radius 3 is 3.00 bits per heavy atom. The molecule has 3 rings (SSSR count). The first kappa shape index (κ1) is 16.6. The Bertz CT molecular complexity index is 724. The molecule has 1 atom stereocenters. The molecule has 128 valence electrons. The number of aromatic nitrogens is 3. The van der Waals surface area contributed by atoms with Gasteiger partial charge in [-0.2, -0.15) is 5.10 Å². The molecule has 2 aromatic rings. The van der Waals surface area contributed by atoms with E-state index in [1.807, 2.05) is 24.1 Å². The van der Waals surface area contributed by atoms with Gasteiger partial charge in [0.2, 0.25) is 5.91 Å². The molecule has 0 radical (unpaired) electrons. The van der Waals surface area contributed by atoms with Gasteiger partial charge >= 0.3 is 0 Å². The lowest BCUT2D eigenvalue weighted by atomic mass is 10.0. The van der Waals surface area contributed by atoms with Crippen molar-refractivity contribution in [2.24, 2.45) is 7.05 Å². The van der Waals surface area contributed by atoms with Crippen LogP contribution in [-0.4, -0.2) is 32.1 Å². The van der Waals surface area contributed by atoms with Crippen molar-refractivity contribution < 1.29 is 4.79 Å². The zero-order valence-corrected chi connectivity index (χ0v) is 14.6. The van der Waals surface area contributed by atoms with Crippen LogP contribution in [0.2, 0.25) is 0 Å². The van der Waals surface area contributed by atoms with Crippen molar-refractivity contribution in [3.63, 3.8) is 0 Å². The van der Waals surface area contributed by atoms with Gasteiger partial charge in [-0.1, -0.05) is 0 Å². The second-order valence-electron chi connectivity index (χ2n) is 6.50. The molecular formula is C18H25N5O. The van der Waals surface area contributed by atoms with Crippen molar-refractivity contribution in [1.82, 2.24) is 25.0 Å². The topological polar surface area (TPSA) is 63.1 Å². The predicted octanol–water partition coefficient (Wildman–Crippen LogP) is 2.10. The van der Waals surface area contributed by atoms with Crippen molar-refractivity contribution in [2.45, 2.75) is 45.8 Å². The minimum absolute atomic E-state index is 0.0308. The van der Waals surface area contributed by atoms with Crippen molar-refractivity contribution >= 4 is 5.91 Å². The van der Waals surface area contributed by atoms with E-state index < -0.39 is 0 Å². The molecule has 6 heteroatoms. The van der Waals surface area contributed by atoms with Gasteiger partial charge < -0.3 is 5.32 Å². The minimum atomic E-state index is -0.0308. The van der Waals surface area contributed by atoms with Gasteiger partial charge in [-0.15, -0.1) is 0 Å². The fourth-order valence-corrected chi connectivity index (χ4v) is 3.33. The summed E-state index contributed by atoms with van der Waals surface area (Å²) in [5, 5.41) is 7.17. The van der Waals surface area contributed by atoms with Crippen LogP contribution >= 0.6 is 0 Å². The first-order valence-corrected chi connectivity index (χ1v) is 8.45. The third-order valence-corrected chi connectivity index (χ3v) is 4.82. The van der Waals surface area contributed by atoms with Crippen LogP contribution in [0.3, 0.4) is 0 Å². The summed E-state index contributed by atoms with van der Waals surface area (Å²) in [5.41, 5.74) is 4.70.